The van der Waals surface area contributed by atoms with Gasteiger partial charge in [-0.05, 0) is 6.92 Å². The Hall–Kier alpha value is 1.88. The molecule has 0 aromatic rings. The van der Waals surface area contributed by atoms with E-state index in [0.717, 1.165) is 0 Å². The minimum absolute atomic E-state index is 0. The van der Waals surface area contributed by atoms with Gasteiger partial charge in [-0.1, -0.05) is 0 Å². The predicted octanol–water partition coefficient (Wildman–Crippen LogP) is 0.855. The molecule has 0 spiro atoms. The monoisotopic (exact) mass is 262 g/mol. The van der Waals surface area contributed by atoms with Crippen molar-refractivity contribution in [1.82, 2.24) is 0 Å². The van der Waals surface area contributed by atoms with Crippen LogP contribution in [0.4, 0.5) is 0 Å². The molecule has 0 N–H and O–H groups in total. The SMILES string of the molecule is [CH2-]C([CH2-])C(C)=O.[Y].[Y]. The van der Waals surface area contributed by atoms with E-state index >= 15 is 0 Å². The number of carbonyl (C=O) groups is 1. The fourth-order valence-electron chi connectivity index (χ4n) is 0. The average molecular weight is 262 g/mol. The van der Waals surface area contributed by atoms with Crippen molar-refractivity contribution in [2.45, 2.75) is 6.92 Å². The molecule has 0 aromatic carbocycles. The van der Waals surface area contributed by atoms with E-state index in [1.54, 1.807) is 0 Å². The zero-order valence-corrected chi connectivity index (χ0v) is 10.7. The van der Waals surface area contributed by atoms with Crippen molar-refractivity contribution in [3.63, 3.8) is 0 Å². The van der Waals surface area contributed by atoms with Crippen LogP contribution >= 0.6 is 0 Å². The number of Topliss-reactive ketones (excluding diaryl/α,β-unsaturated/α-hetero) is 1. The third kappa shape index (κ3) is 10.8. The summed E-state index contributed by atoms with van der Waals surface area (Å²) in [7, 11) is 0. The molecule has 0 fully saturated rings. The maximum absolute atomic E-state index is 10.0. The topological polar surface area (TPSA) is 17.1 Å². The fourth-order valence-corrected chi connectivity index (χ4v) is 0. The van der Waals surface area contributed by atoms with Gasteiger partial charge in [-0.25, -0.2) is 5.92 Å². The Kier molecular flexibility index (Phi) is 18.3. The van der Waals surface area contributed by atoms with Crippen LogP contribution in [0.1, 0.15) is 6.92 Å². The molecule has 2 radical (unpaired) electrons. The van der Waals surface area contributed by atoms with Gasteiger partial charge < -0.3 is 18.6 Å². The zero-order valence-electron chi connectivity index (χ0n) is 5.05. The van der Waals surface area contributed by atoms with Gasteiger partial charge in [-0.3, -0.25) is 0 Å². The van der Waals surface area contributed by atoms with E-state index in [9.17, 15) is 4.79 Å². The number of rotatable bonds is 1. The average Bonchev–Trinajstić information content (AvgIpc) is 1.36. The maximum atomic E-state index is 10.0. The Morgan fingerprint density at radius 3 is 1.50 bits per heavy atom. The molecule has 0 atom stereocenters. The van der Waals surface area contributed by atoms with E-state index in [2.05, 4.69) is 13.8 Å². The van der Waals surface area contributed by atoms with Crippen LogP contribution in [0.2, 0.25) is 0 Å². The Labute approximate surface area is 101 Å². The molecule has 0 aliphatic carbocycles. The molecule has 8 heavy (non-hydrogen) atoms. The molecule has 0 aliphatic rings. The molecule has 42 valence electrons. The molecule has 0 saturated carbocycles. The van der Waals surface area contributed by atoms with Crippen molar-refractivity contribution in [1.29, 1.82) is 0 Å². The molecule has 0 unspecified atom stereocenters. The predicted molar refractivity (Wildman–Crippen MR) is 24.9 cm³/mol. The molecule has 0 rings (SSSR count). The van der Waals surface area contributed by atoms with Crippen molar-refractivity contribution in [2.24, 2.45) is 5.92 Å². The third-order valence-electron chi connectivity index (χ3n) is 0.575. The molecule has 0 amide bonds. The molecule has 0 aliphatic heterocycles. The largest absolute Gasteiger partial charge is 0.363 e. The van der Waals surface area contributed by atoms with Gasteiger partial charge in [0.15, 0.2) is 0 Å². The summed E-state index contributed by atoms with van der Waals surface area (Å²) in [6.07, 6.45) is 0. The van der Waals surface area contributed by atoms with Crippen LogP contribution in [0.5, 0.6) is 0 Å². The number of ketones is 1. The van der Waals surface area contributed by atoms with E-state index in [4.69, 9.17) is 0 Å². The van der Waals surface area contributed by atoms with Crippen molar-refractivity contribution in [3.8, 4) is 0 Å². The van der Waals surface area contributed by atoms with Crippen molar-refractivity contribution >= 4 is 5.78 Å². The Balaban J connectivity index is -0.000000125. The van der Waals surface area contributed by atoms with Crippen LogP contribution in [-0.4, -0.2) is 5.78 Å². The van der Waals surface area contributed by atoms with Gasteiger partial charge in [-0.2, -0.15) is 0 Å². The molecule has 0 aromatic heterocycles. The van der Waals surface area contributed by atoms with Crippen molar-refractivity contribution < 1.29 is 70.2 Å². The summed E-state index contributed by atoms with van der Waals surface area (Å²) >= 11 is 0. The van der Waals surface area contributed by atoms with Gasteiger partial charge in [0.25, 0.3) is 0 Å². The summed E-state index contributed by atoms with van der Waals surface area (Å²) in [4.78, 5) is 10.0. The minimum Gasteiger partial charge on any atom is -0.363 e. The summed E-state index contributed by atoms with van der Waals surface area (Å²) in [5, 5.41) is 0. The fraction of sp³-hybridized carbons (Fsp3) is 0.400. The van der Waals surface area contributed by atoms with E-state index in [-0.39, 0.29) is 77.1 Å². The first-order valence-corrected chi connectivity index (χ1v) is 1.81. The van der Waals surface area contributed by atoms with E-state index in [1.165, 1.54) is 6.92 Å². The van der Waals surface area contributed by atoms with Crippen LogP contribution in [0.3, 0.4) is 0 Å². The summed E-state index contributed by atoms with van der Waals surface area (Å²) in [6.45, 7) is 8.23. The quantitative estimate of drug-likeness (QED) is 0.640. The van der Waals surface area contributed by atoms with Crippen LogP contribution < -0.4 is 0 Å². The normalized spacial score (nSPS) is 7.00. The Bertz CT molecular complexity index is 61.4. The molecule has 0 saturated heterocycles. The van der Waals surface area contributed by atoms with Crippen molar-refractivity contribution in [3.05, 3.63) is 13.8 Å². The van der Waals surface area contributed by atoms with Gasteiger partial charge in [0.2, 0.25) is 0 Å². The molecular formula is C5H8OY2-2. The van der Waals surface area contributed by atoms with Crippen LogP contribution in [-0.2, 0) is 70.2 Å². The summed E-state index contributed by atoms with van der Waals surface area (Å²) in [5.41, 5.74) is 0. The second kappa shape index (κ2) is 8.88. The maximum Gasteiger partial charge on any atom is 0.0745 e. The number of hydrogen-bond acceptors (Lipinski definition) is 1. The molecule has 0 heterocycles. The second-order valence-electron chi connectivity index (χ2n) is 1.31. The molecule has 3 heteroatoms. The first-order valence-electron chi connectivity index (χ1n) is 1.81. The summed E-state index contributed by atoms with van der Waals surface area (Å²) in [6, 6.07) is 0. The smallest absolute Gasteiger partial charge is 0.0745 e. The van der Waals surface area contributed by atoms with Gasteiger partial charge in [0.05, 0.1) is 5.78 Å². The zero-order chi connectivity index (χ0) is 5.15. The van der Waals surface area contributed by atoms with Crippen LogP contribution in [0.25, 0.3) is 0 Å². The molecule has 1 nitrogen and oxygen atoms in total. The first kappa shape index (κ1) is 16.5. The van der Waals surface area contributed by atoms with E-state index < -0.39 is 0 Å². The second-order valence-corrected chi connectivity index (χ2v) is 1.31. The van der Waals surface area contributed by atoms with Gasteiger partial charge in [0.1, 0.15) is 0 Å². The van der Waals surface area contributed by atoms with E-state index in [0.29, 0.717) is 0 Å². The summed E-state index contributed by atoms with van der Waals surface area (Å²) < 4.78 is 0. The molecular weight excluding hydrogens is 254 g/mol. The number of carbonyl (C=O) groups excluding carboxylic acids is 1. The van der Waals surface area contributed by atoms with Gasteiger partial charge in [-0.15, -0.1) is 0 Å². The first-order chi connectivity index (χ1) is 2.64. The standard InChI is InChI=1S/C5H8O.2Y/c1-4(2)5(3)6;;/h4H,1-2H2,3H3;;/q-2;;. The molecule has 0 bridgehead atoms. The minimum atomic E-state index is -0.287. The Morgan fingerprint density at radius 1 is 1.38 bits per heavy atom. The Morgan fingerprint density at radius 2 is 1.50 bits per heavy atom. The number of hydrogen-bond donors (Lipinski definition) is 0. The van der Waals surface area contributed by atoms with Crippen molar-refractivity contribution in [2.75, 3.05) is 0 Å². The van der Waals surface area contributed by atoms with E-state index in [1.807, 2.05) is 0 Å². The summed E-state index contributed by atoms with van der Waals surface area (Å²) in [5.74, 6) is -0.250. The van der Waals surface area contributed by atoms with Gasteiger partial charge >= 0.3 is 0 Å². The van der Waals surface area contributed by atoms with Crippen LogP contribution in [0.15, 0.2) is 0 Å². The van der Waals surface area contributed by atoms with Crippen LogP contribution in [0, 0.1) is 19.8 Å². The van der Waals surface area contributed by atoms with Gasteiger partial charge in [0, 0.05) is 65.4 Å². The third-order valence-corrected chi connectivity index (χ3v) is 0.575.